The lowest BCUT2D eigenvalue weighted by atomic mass is 10.0. The quantitative estimate of drug-likeness (QED) is 0.867. The van der Waals surface area contributed by atoms with E-state index in [0.717, 1.165) is 31.5 Å². The van der Waals surface area contributed by atoms with Crippen LogP contribution in [0.2, 0.25) is 0 Å². The van der Waals surface area contributed by atoms with E-state index >= 15 is 0 Å². The van der Waals surface area contributed by atoms with E-state index in [2.05, 4.69) is 18.6 Å². The summed E-state index contributed by atoms with van der Waals surface area (Å²) in [5, 5.41) is 0. The minimum atomic E-state index is -3.69. The molecule has 1 amide bonds. The molecule has 0 aliphatic carbocycles. The van der Waals surface area contributed by atoms with Crippen LogP contribution in [0, 0.1) is 0 Å². The number of benzene rings is 2. The van der Waals surface area contributed by atoms with Crippen molar-refractivity contribution in [3.63, 3.8) is 0 Å². The van der Waals surface area contributed by atoms with Crippen LogP contribution < -0.4 is 4.72 Å². The minimum Gasteiger partial charge on any atom is -0.339 e. The van der Waals surface area contributed by atoms with Gasteiger partial charge in [-0.2, -0.15) is 0 Å². The molecule has 1 N–H and O–H groups in total. The SMILES string of the molecule is CC(C)c1ccc(S(=O)(=O)Nc2cccc(C(=O)N3CCCC3)c2)cc1. The highest BCUT2D eigenvalue weighted by atomic mass is 32.2. The number of carbonyl (C=O) groups is 1. The average Bonchev–Trinajstić information content (AvgIpc) is 3.15. The van der Waals surface area contributed by atoms with Crippen LogP contribution in [0.3, 0.4) is 0 Å². The topological polar surface area (TPSA) is 66.5 Å². The third kappa shape index (κ3) is 4.07. The summed E-state index contributed by atoms with van der Waals surface area (Å²) in [4.78, 5) is 14.5. The molecule has 2 aromatic rings. The van der Waals surface area contributed by atoms with Crippen LogP contribution in [0.4, 0.5) is 5.69 Å². The maximum atomic E-state index is 12.6. The molecular weight excluding hydrogens is 348 g/mol. The zero-order valence-corrected chi connectivity index (χ0v) is 15.9. The lowest BCUT2D eigenvalue weighted by Gasteiger charge is -2.16. The lowest BCUT2D eigenvalue weighted by Crippen LogP contribution is -2.27. The fourth-order valence-corrected chi connectivity index (χ4v) is 4.11. The molecule has 2 aromatic carbocycles. The summed E-state index contributed by atoms with van der Waals surface area (Å²) in [6, 6.07) is 13.5. The number of likely N-dealkylation sites (tertiary alicyclic amines) is 1. The zero-order chi connectivity index (χ0) is 18.7. The molecule has 1 saturated heterocycles. The van der Waals surface area contributed by atoms with Gasteiger partial charge in [-0.15, -0.1) is 0 Å². The zero-order valence-electron chi connectivity index (χ0n) is 15.1. The van der Waals surface area contributed by atoms with Gasteiger partial charge in [0.05, 0.1) is 4.90 Å². The van der Waals surface area contributed by atoms with Crippen LogP contribution >= 0.6 is 0 Å². The molecule has 26 heavy (non-hydrogen) atoms. The van der Waals surface area contributed by atoms with Crippen molar-refractivity contribution >= 4 is 21.6 Å². The van der Waals surface area contributed by atoms with E-state index in [4.69, 9.17) is 0 Å². The number of rotatable bonds is 5. The molecule has 1 fully saturated rings. The molecule has 0 aromatic heterocycles. The number of sulfonamides is 1. The Morgan fingerprint density at radius 3 is 2.31 bits per heavy atom. The molecule has 0 spiro atoms. The molecule has 1 aliphatic heterocycles. The summed E-state index contributed by atoms with van der Waals surface area (Å²) in [5.41, 5.74) is 1.98. The second-order valence-corrected chi connectivity index (χ2v) is 8.59. The highest BCUT2D eigenvalue weighted by Gasteiger charge is 2.20. The van der Waals surface area contributed by atoms with Gasteiger partial charge in [-0.3, -0.25) is 9.52 Å². The number of amides is 1. The fraction of sp³-hybridized carbons (Fsp3) is 0.350. The van der Waals surface area contributed by atoms with Gasteiger partial charge in [0.1, 0.15) is 0 Å². The van der Waals surface area contributed by atoms with Crippen molar-refractivity contribution in [2.24, 2.45) is 0 Å². The summed E-state index contributed by atoms with van der Waals surface area (Å²) < 4.78 is 27.8. The predicted molar refractivity (Wildman–Crippen MR) is 103 cm³/mol. The Balaban J connectivity index is 1.79. The van der Waals surface area contributed by atoms with Crippen molar-refractivity contribution < 1.29 is 13.2 Å². The van der Waals surface area contributed by atoms with Gasteiger partial charge in [-0.25, -0.2) is 8.42 Å². The molecule has 1 aliphatic rings. The molecule has 0 saturated carbocycles. The van der Waals surface area contributed by atoms with E-state index in [-0.39, 0.29) is 10.8 Å². The highest BCUT2D eigenvalue weighted by Crippen LogP contribution is 2.21. The monoisotopic (exact) mass is 372 g/mol. The molecule has 0 radical (unpaired) electrons. The third-order valence-electron chi connectivity index (χ3n) is 4.61. The Morgan fingerprint density at radius 2 is 1.69 bits per heavy atom. The van der Waals surface area contributed by atoms with Gasteiger partial charge in [0.25, 0.3) is 15.9 Å². The summed E-state index contributed by atoms with van der Waals surface area (Å²) in [6.45, 7) is 5.64. The number of hydrogen-bond acceptors (Lipinski definition) is 3. The van der Waals surface area contributed by atoms with Crippen LogP contribution in [0.1, 0.15) is 48.5 Å². The van der Waals surface area contributed by atoms with Crippen molar-refractivity contribution in [2.45, 2.75) is 37.5 Å². The van der Waals surface area contributed by atoms with E-state index in [0.29, 0.717) is 17.2 Å². The van der Waals surface area contributed by atoms with Gasteiger partial charge in [-0.1, -0.05) is 32.0 Å². The summed E-state index contributed by atoms with van der Waals surface area (Å²) >= 11 is 0. The van der Waals surface area contributed by atoms with Crippen LogP contribution in [-0.2, 0) is 10.0 Å². The lowest BCUT2D eigenvalue weighted by molar-refractivity contribution is 0.0793. The molecule has 3 rings (SSSR count). The Kier molecular flexibility index (Phi) is 5.32. The smallest absolute Gasteiger partial charge is 0.261 e. The van der Waals surface area contributed by atoms with Crippen LogP contribution in [0.15, 0.2) is 53.4 Å². The maximum absolute atomic E-state index is 12.6. The van der Waals surface area contributed by atoms with E-state index in [1.54, 1.807) is 41.3 Å². The molecule has 5 nitrogen and oxygen atoms in total. The minimum absolute atomic E-state index is 0.0511. The first-order valence-corrected chi connectivity index (χ1v) is 10.4. The Morgan fingerprint density at radius 1 is 1.04 bits per heavy atom. The molecule has 1 heterocycles. The normalized spacial score (nSPS) is 14.7. The summed E-state index contributed by atoms with van der Waals surface area (Å²) in [7, 11) is -3.69. The maximum Gasteiger partial charge on any atom is 0.261 e. The Labute approximate surface area is 155 Å². The van der Waals surface area contributed by atoms with Crippen molar-refractivity contribution in [2.75, 3.05) is 17.8 Å². The van der Waals surface area contributed by atoms with Crippen molar-refractivity contribution in [1.82, 2.24) is 4.90 Å². The fourth-order valence-electron chi connectivity index (χ4n) is 3.06. The molecule has 138 valence electrons. The van der Waals surface area contributed by atoms with Crippen LogP contribution in [0.5, 0.6) is 0 Å². The van der Waals surface area contributed by atoms with Crippen LogP contribution in [-0.4, -0.2) is 32.3 Å². The second kappa shape index (κ2) is 7.50. The molecule has 0 atom stereocenters. The van der Waals surface area contributed by atoms with E-state index in [1.165, 1.54) is 0 Å². The first-order chi connectivity index (χ1) is 12.4. The van der Waals surface area contributed by atoms with Gasteiger partial charge in [-0.05, 0) is 54.7 Å². The van der Waals surface area contributed by atoms with Crippen molar-refractivity contribution in [1.29, 1.82) is 0 Å². The average molecular weight is 372 g/mol. The third-order valence-corrected chi connectivity index (χ3v) is 6.01. The number of nitrogens with one attached hydrogen (secondary N) is 1. The summed E-state index contributed by atoms with van der Waals surface area (Å²) in [5.74, 6) is 0.290. The largest absolute Gasteiger partial charge is 0.339 e. The Bertz CT molecular complexity index is 884. The molecule has 6 heteroatoms. The first-order valence-electron chi connectivity index (χ1n) is 8.89. The first kappa shape index (κ1) is 18.5. The standard InChI is InChI=1S/C20H24N2O3S/c1-15(2)16-8-10-19(11-9-16)26(24,25)21-18-7-5-6-17(14-18)20(23)22-12-3-4-13-22/h5-11,14-15,21H,3-4,12-13H2,1-2H3. The van der Waals surface area contributed by atoms with Gasteiger partial charge in [0.2, 0.25) is 0 Å². The van der Waals surface area contributed by atoms with E-state index in [1.807, 2.05) is 12.1 Å². The molecule has 0 unspecified atom stereocenters. The van der Waals surface area contributed by atoms with Crippen molar-refractivity contribution in [3.05, 3.63) is 59.7 Å². The van der Waals surface area contributed by atoms with E-state index in [9.17, 15) is 13.2 Å². The van der Waals surface area contributed by atoms with Gasteiger partial charge in [0, 0.05) is 24.3 Å². The second-order valence-electron chi connectivity index (χ2n) is 6.91. The number of nitrogens with zero attached hydrogens (tertiary/aromatic N) is 1. The number of anilines is 1. The highest BCUT2D eigenvalue weighted by molar-refractivity contribution is 7.92. The van der Waals surface area contributed by atoms with Gasteiger partial charge in [0.15, 0.2) is 0 Å². The predicted octanol–water partition coefficient (Wildman–Crippen LogP) is 3.85. The van der Waals surface area contributed by atoms with Gasteiger partial charge < -0.3 is 4.90 Å². The molecular formula is C20H24N2O3S. The van der Waals surface area contributed by atoms with Gasteiger partial charge >= 0.3 is 0 Å². The van der Waals surface area contributed by atoms with Crippen molar-refractivity contribution in [3.8, 4) is 0 Å². The number of carbonyl (C=O) groups excluding carboxylic acids is 1. The number of hydrogen-bond donors (Lipinski definition) is 1. The van der Waals surface area contributed by atoms with E-state index < -0.39 is 10.0 Å². The van der Waals surface area contributed by atoms with Crippen LogP contribution in [0.25, 0.3) is 0 Å². The Hall–Kier alpha value is -2.34. The summed E-state index contributed by atoms with van der Waals surface area (Å²) in [6.07, 6.45) is 2.04. The molecule has 0 bridgehead atoms.